The predicted octanol–water partition coefficient (Wildman–Crippen LogP) is 5.06. The van der Waals surface area contributed by atoms with E-state index in [9.17, 15) is 10.1 Å². The molecule has 0 bridgehead atoms. The standard InChI is InChI=1S/C23H20BrN3O/c1-14-4-2-5-17(12-14)27-19-6-3-7-20(28)22(19)21(18(13-25)23(27)26)15-8-10-16(24)11-9-15/h2,4-5,8-12,21H,3,6-7,26H2,1H3/t21-/m0/s1. The van der Waals surface area contributed by atoms with Crippen LogP contribution in [0.15, 0.2) is 75.7 Å². The van der Waals surface area contributed by atoms with E-state index in [0.717, 1.165) is 39.8 Å². The molecule has 0 unspecified atom stereocenters. The Bertz CT molecular complexity index is 1060. The summed E-state index contributed by atoms with van der Waals surface area (Å²) in [6.45, 7) is 2.02. The Hall–Kier alpha value is -2.84. The smallest absolute Gasteiger partial charge is 0.161 e. The highest BCUT2D eigenvalue weighted by molar-refractivity contribution is 9.10. The molecule has 0 radical (unpaired) electrons. The Morgan fingerprint density at radius 3 is 2.61 bits per heavy atom. The van der Waals surface area contributed by atoms with Gasteiger partial charge in [-0.3, -0.25) is 9.69 Å². The lowest BCUT2D eigenvalue weighted by atomic mass is 9.75. The first-order valence-corrected chi connectivity index (χ1v) is 10.1. The normalized spacial score (nSPS) is 19.5. The highest BCUT2D eigenvalue weighted by Gasteiger charge is 2.40. The third kappa shape index (κ3) is 3.04. The second kappa shape index (κ2) is 7.29. The van der Waals surface area contributed by atoms with Gasteiger partial charge in [0.2, 0.25) is 0 Å². The first-order chi connectivity index (χ1) is 13.5. The Kier molecular flexibility index (Phi) is 4.82. The van der Waals surface area contributed by atoms with Crippen molar-refractivity contribution in [1.29, 1.82) is 5.26 Å². The summed E-state index contributed by atoms with van der Waals surface area (Å²) in [6, 6.07) is 18.1. The number of carbonyl (C=O) groups excluding carboxylic acids is 1. The van der Waals surface area contributed by atoms with Crippen LogP contribution in [-0.4, -0.2) is 5.78 Å². The molecule has 0 aromatic heterocycles. The summed E-state index contributed by atoms with van der Waals surface area (Å²) in [5.41, 5.74) is 11.5. The van der Waals surface area contributed by atoms with E-state index in [2.05, 4.69) is 22.0 Å². The summed E-state index contributed by atoms with van der Waals surface area (Å²) in [4.78, 5) is 14.9. The van der Waals surface area contributed by atoms with Crippen LogP contribution in [0.3, 0.4) is 0 Å². The van der Waals surface area contributed by atoms with Crippen LogP contribution >= 0.6 is 15.9 Å². The van der Waals surface area contributed by atoms with Crippen LogP contribution in [0.25, 0.3) is 0 Å². The first kappa shape index (κ1) is 18.5. The zero-order valence-corrected chi connectivity index (χ0v) is 17.2. The average molecular weight is 434 g/mol. The van der Waals surface area contributed by atoms with Crippen LogP contribution in [0.1, 0.15) is 36.3 Å². The average Bonchev–Trinajstić information content (AvgIpc) is 2.68. The van der Waals surface area contributed by atoms with Gasteiger partial charge in [-0.15, -0.1) is 0 Å². The molecule has 1 atom stereocenters. The molecule has 0 spiro atoms. The molecule has 2 N–H and O–H groups in total. The lowest BCUT2D eigenvalue weighted by Gasteiger charge is -2.39. The Labute approximate surface area is 173 Å². The summed E-state index contributed by atoms with van der Waals surface area (Å²) < 4.78 is 0.952. The van der Waals surface area contributed by atoms with Crippen LogP contribution < -0.4 is 10.6 Å². The van der Waals surface area contributed by atoms with Gasteiger partial charge in [0, 0.05) is 27.9 Å². The lowest BCUT2D eigenvalue weighted by molar-refractivity contribution is -0.116. The van der Waals surface area contributed by atoms with Gasteiger partial charge >= 0.3 is 0 Å². The maximum Gasteiger partial charge on any atom is 0.161 e. The Balaban J connectivity index is 1.97. The first-order valence-electron chi connectivity index (χ1n) is 9.29. The van der Waals surface area contributed by atoms with Gasteiger partial charge in [0.1, 0.15) is 5.82 Å². The number of anilines is 1. The van der Waals surface area contributed by atoms with Gasteiger partial charge < -0.3 is 5.73 Å². The third-order valence-electron chi connectivity index (χ3n) is 5.38. The predicted molar refractivity (Wildman–Crippen MR) is 113 cm³/mol. The van der Waals surface area contributed by atoms with E-state index in [-0.39, 0.29) is 5.78 Å². The Morgan fingerprint density at radius 1 is 1.18 bits per heavy atom. The Morgan fingerprint density at radius 2 is 1.93 bits per heavy atom. The number of rotatable bonds is 2. The number of nitrogens with two attached hydrogens (primary N) is 1. The molecule has 28 heavy (non-hydrogen) atoms. The number of allylic oxidation sites excluding steroid dienone is 3. The van der Waals surface area contributed by atoms with Gasteiger partial charge in [-0.25, -0.2) is 0 Å². The van der Waals surface area contributed by atoms with Crippen LogP contribution in [0, 0.1) is 18.3 Å². The molecule has 5 heteroatoms. The molecule has 4 nitrogen and oxygen atoms in total. The van der Waals surface area contributed by atoms with Crippen LogP contribution in [-0.2, 0) is 4.79 Å². The van der Waals surface area contributed by atoms with Gasteiger partial charge in [-0.05, 0) is 55.2 Å². The SMILES string of the molecule is Cc1cccc(N2C(N)=C(C#N)[C@H](c3ccc(Br)cc3)C3=C2CCCC3=O)c1. The van der Waals surface area contributed by atoms with Crippen molar-refractivity contribution in [2.24, 2.45) is 5.73 Å². The molecule has 4 rings (SSSR count). The van der Waals surface area contributed by atoms with Crippen molar-refractivity contribution in [3.05, 3.63) is 86.8 Å². The topological polar surface area (TPSA) is 70.1 Å². The molecule has 2 aliphatic rings. The number of Topliss-reactive ketones (excluding diaryl/α,β-unsaturated/α-hetero) is 1. The monoisotopic (exact) mass is 433 g/mol. The van der Waals surface area contributed by atoms with Crippen LogP contribution in [0.2, 0.25) is 0 Å². The minimum absolute atomic E-state index is 0.104. The third-order valence-corrected chi connectivity index (χ3v) is 5.91. The van der Waals surface area contributed by atoms with E-state index < -0.39 is 5.92 Å². The van der Waals surface area contributed by atoms with Crippen molar-refractivity contribution >= 4 is 27.4 Å². The van der Waals surface area contributed by atoms with E-state index in [0.29, 0.717) is 23.4 Å². The quantitative estimate of drug-likeness (QED) is 0.717. The van der Waals surface area contributed by atoms with Crippen molar-refractivity contribution in [2.45, 2.75) is 32.1 Å². The molecule has 0 amide bonds. The zero-order valence-electron chi connectivity index (χ0n) is 15.6. The van der Waals surface area contributed by atoms with Crippen molar-refractivity contribution < 1.29 is 4.79 Å². The molecular formula is C23H20BrN3O. The molecule has 1 aliphatic carbocycles. The summed E-state index contributed by atoms with van der Waals surface area (Å²) >= 11 is 3.45. The summed E-state index contributed by atoms with van der Waals surface area (Å²) in [6.07, 6.45) is 2.07. The number of benzene rings is 2. The van der Waals surface area contributed by atoms with Crippen molar-refractivity contribution in [1.82, 2.24) is 0 Å². The summed E-state index contributed by atoms with van der Waals surface area (Å²) in [5.74, 6) is 0.100. The zero-order chi connectivity index (χ0) is 19.8. The second-order valence-electron chi connectivity index (χ2n) is 7.21. The van der Waals surface area contributed by atoms with Gasteiger partial charge in [0.15, 0.2) is 5.78 Å². The van der Waals surface area contributed by atoms with Gasteiger partial charge in [0.25, 0.3) is 0 Å². The fraction of sp³-hybridized carbons (Fsp3) is 0.217. The maximum absolute atomic E-state index is 13.0. The van der Waals surface area contributed by atoms with Crippen molar-refractivity contribution in [2.75, 3.05) is 4.90 Å². The fourth-order valence-electron chi connectivity index (χ4n) is 4.14. The molecule has 2 aromatic rings. The molecular weight excluding hydrogens is 414 g/mol. The summed E-state index contributed by atoms with van der Waals surface area (Å²) in [5, 5.41) is 9.99. The number of ketones is 1. The molecule has 1 heterocycles. The molecule has 0 fully saturated rings. The van der Waals surface area contributed by atoms with Gasteiger partial charge in [0.05, 0.1) is 17.6 Å². The number of halogens is 1. The molecule has 0 saturated carbocycles. The number of carbonyl (C=O) groups is 1. The van der Waals surface area contributed by atoms with Gasteiger partial charge in [-0.1, -0.05) is 40.2 Å². The van der Waals surface area contributed by atoms with Crippen molar-refractivity contribution in [3.8, 4) is 6.07 Å². The number of nitriles is 1. The molecule has 1 aliphatic heterocycles. The molecule has 2 aromatic carbocycles. The van der Waals surface area contributed by atoms with E-state index in [1.54, 1.807) is 0 Å². The van der Waals surface area contributed by atoms with Crippen LogP contribution in [0.4, 0.5) is 5.69 Å². The van der Waals surface area contributed by atoms with E-state index >= 15 is 0 Å². The van der Waals surface area contributed by atoms with Crippen molar-refractivity contribution in [3.63, 3.8) is 0 Å². The van der Waals surface area contributed by atoms with Crippen LogP contribution in [0.5, 0.6) is 0 Å². The van der Waals surface area contributed by atoms with E-state index in [1.807, 2.05) is 60.4 Å². The second-order valence-corrected chi connectivity index (χ2v) is 8.12. The minimum atomic E-state index is -0.415. The molecule has 140 valence electrons. The van der Waals surface area contributed by atoms with E-state index in [4.69, 9.17) is 5.73 Å². The number of hydrogen-bond donors (Lipinski definition) is 1. The van der Waals surface area contributed by atoms with E-state index in [1.165, 1.54) is 0 Å². The number of aryl methyl sites for hydroxylation is 1. The largest absolute Gasteiger partial charge is 0.384 e. The molecule has 0 saturated heterocycles. The highest BCUT2D eigenvalue weighted by Crippen LogP contribution is 2.46. The highest BCUT2D eigenvalue weighted by atomic mass is 79.9. The fourth-order valence-corrected chi connectivity index (χ4v) is 4.40. The minimum Gasteiger partial charge on any atom is -0.384 e. The van der Waals surface area contributed by atoms with Gasteiger partial charge in [-0.2, -0.15) is 5.26 Å². The summed E-state index contributed by atoms with van der Waals surface area (Å²) in [7, 11) is 0. The maximum atomic E-state index is 13.0. The lowest BCUT2D eigenvalue weighted by Crippen LogP contribution is -2.38. The number of nitrogens with zero attached hydrogens (tertiary/aromatic N) is 2. The number of hydrogen-bond acceptors (Lipinski definition) is 4.